The minimum atomic E-state index is -0.980. The summed E-state index contributed by atoms with van der Waals surface area (Å²) in [7, 11) is 3.31. The molecule has 0 aliphatic carbocycles. The van der Waals surface area contributed by atoms with E-state index in [1.807, 2.05) is 84.9 Å². The first-order valence-electron chi connectivity index (χ1n) is 23.0. The Kier molecular flexibility index (Phi) is 14.0. The molecule has 0 bridgehead atoms. The number of amides is 4. The van der Waals surface area contributed by atoms with Crippen LogP contribution in [0.2, 0.25) is 0 Å². The number of rotatable bonds is 10. The number of likely N-dealkylation sites (N-methyl/N-ethyl adjacent to an activating group) is 2. The number of piperazine rings is 1. The number of H-pyrrole nitrogens is 1. The van der Waals surface area contributed by atoms with Gasteiger partial charge in [-0.2, -0.15) is 0 Å². The third-order valence-electron chi connectivity index (χ3n) is 12.4. The van der Waals surface area contributed by atoms with Gasteiger partial charge in [0.15, 0.2) is 0 Å². The summed E-state index contributed by atoms with van der Waals surface area (Å²) in [6.07, 6.45) is 0.639. The van der Waals surface area contributed by atoms with Crippen LogP contribution in [0, 0.1) is 23.7 Å². The number of hydrogen-bond acceptors (Lipinski definition) is 12. The molecule has 1 saturated heterocycles. The van der Waals surface area contributed by atoms with E-state index in [4.69, 9.17) is 9.47 Å². The van der Waals surface area contributed by atoms with Crippen molar-refractivity contribution in [2.24, 2.45) is 0 Å². The van der Waals surface area contributed by atoms with Crippen LogP contribution in [0.15, 0.2) is 103 Å². The Bertz CT molecular complexity index is 2810. The predicted molar refractivity (Wildman–Crippen MR) is 260 cm³/mol. The minimum Gasteiger partial charge on any atom is -0.486 e. The zero-order valence-electron chi connectivity index (χ0n) is 39.3. The lowest BCUT2D eigenvalue weighted by atomic mass is 10.1. The van der Waals surface area contributed by atoms with Gasteiger partial charge in [0.05, 0.1) is 31.0 Å². The predicted octanol–water partition coefficient (Wildman–Crippen LogP) is 3.14. The van der Waals surface area contributed by atoms with Crippen molar-refractivity contribution in [2.45, 2.75) is 51.1 Å². The van der Waals surface area contributed by atoms with Crippen LogP contribution in [-0.4, -0.2) is 141 Å². The molecule has 1 fully saturated rings. The molecule has 2 aromatic heterocycles. The number of aromatic amines is 1. The van der Waals surface area contributed by atoms with Crippen molar-refractivity contribution in [3.63, 3.8) is 0 Å². The standard InChI is InChI=1S/C52H52N12O6/c1-34-45(55-49(65)47-53-33-64(59-47)32-39-15-9-6-10-16-39)51(67)60(3)40-29-37(19-21-42(40)69-34)17-11-23-62-25-27-63(28-26-62)24-12-18-38-20-22-43-41(30-38)61(4)52(68)46(35(2)70-43)56-50(66)48-54-44(57-58-48)31-36-13-7-5-8-14-36/h5-10,13-16,19-22,29-30,33-35,45-46H,23-28,31-32H2,1-4H3,(H,55,65)(H,56,66)(H,54,57,58)/t34-,35-,45+,46+/m1/s1. The van der Waals surface area contributed by atoms with Gasteiger partial charge in [-0.3, -0.25) is 34.1 Å². The summed E-state index contributed by atoms with van der Waals surface area (Å²) >= 11 is 0. The number of aromatic nitrogens is 6. The molecule has 4 atom stereocenters. The fourth-order valence-electron chi connectivity index (χ4n) is 8.40. The molecule has 4 amide bonds. The number of fused-ring (bicyclic) bond motifs is 2. The normalized spacial score (nSPS) is 19.1. The smallest absolute Gasteiger partial charge is 0.291 e. The number of ether oxygens (including phenoxy) is 2. The molecule has 3 aliphatic heterocycles. The highest BCUT2D eigenvalue weighted by molar-refractivity contribution is 6.04. The summed E-state index contributed by atoms with van der Waals surface area (Å²) in [6, 6.07) is 28.5. The monoisotopic (exact) mass is 940 g/mol. The van der Waals surface area contributed by atoms with Crippen molar-refractivity contribution in [3.8, 4) is 35.2 Å². The first kappa shape index (κ1) is 46.8. The zero-order valence-corrected chi connectivity index (χ0v) is 39.3. The molecule has 18 heteroatoms. The summed E-state index contributed by atoms with van der Waals surface area (Å²) in [6.45, 7) is 8.38. The van der Waals surface area contributed by atoms with E-state index < -0.39 is 36.1 Å². The number of benzene rings is 4. The van der Waals surface area contributed by atoms with E-state index in [-0.39, 0.29) is 23.5 Å². The molecular formula is C52H52N12O6. The molecule has 3 N–H and O–H groups in total. The molecule has 18 nitrogen and oxygen atoms in total. The van der Waals surface area contributed by atoms with Gasteiger partial charge < -0.3 is 29.9 Å². The molecule has 9 rings (SSSR count). The minimum absolute atomic E-state index is 0.0374. The molecule has 4 aromatic carbocycles. The molecule has 70 heavy (non-hydrogen) atoms. The van der Waals surface area contributed by atoms with Gasteiger partial charge in [-0.15, -0.1) is 10.2 Å². The lowest BCUT2D eigenvalue weighted by molar-refractivity contribution is -0.122. The first-order chi connectivity index (χ1) is 33.9. The average molecular weight is 941 g/mol. The van der Waals surface area contributed by atoms with E-state index in [0.29, 0.717) is 54.8 Å². The van der Waals surface area contributed by atoms with Gasteiger partial charge in [-0.1, -0.05) is 84.3 Å². The highest BCUT2D eigenvalue weighted by Crippen LogP contribution is 2.35. The summed E-state index contributed by atoms with van der Waals surface area (Å²) < 4.78 is 14.0. The second-order valence-electron chi connectivity index (χ2n) is 17.4. The van der Waals surface area contributed by atoms with Gasteiger partial charge in [-0.05, 0) is 61.4 Å². The van der Waals surface area contributed by atoms with Crippen molar-refractivity contribution >= 4 is 35.0 Å². The summed E-state index contributed by atoms with van der Waals surface area (Å²) in [4.78, 5) is 69.9. The summed E-state index contributed by atoms with van der Waals surface area (Å²) in [5, 5.41) is 16.8. The molecule has 0 radical (unpaired) electrons. The number of anilines is 2. The summed E-state index contributed by atoms with van der Waals surface area (Å²) in [5.41, 5.74) is 4.62. The second-order valence-corrected chi connectivity index (χ2v) is 17.4. The van der Waals surface area contributed by atoms with E-state index in [2.05, 4.69) is 69.4 Å². The topological polar surface area (TPSA) is 196 Å². The number of carbonyl (C=O) groups excluding carboxylic acids is 4. The summed E-state index contributed by atoms with van der Waals surface area (Å²) in [5.74, 6) is 12.7. The van der Waals surface area contributed by atoms with Crippen LogP contribution in [0.4, 0.5) is 11.4 Å². The molecule has 5 heterocycles. The molecule has 356 valence electrons. The highest BCUT2D eigenvalue weighted by Gasteiger charge is 2.38. The van der Waals surface area contributed by atoms with Gasteiger partial charge in [0.25, 0.3) is 23.6 Å². The first-order valence-corrected chi connectivity index (χ1v) is 23.0. The van der Waals surface area contributed by atoms with Crippen LogP contribution in [0.25, 0.3) is 0 Å². The molecular weight excluding hydrogens is 889 g/mol. The molecule has 6 aromatic rings. The van der Waals surface area contributed by atoms with Crippen molar-refractivity contribution in [2.75, 3.05) is 63.2 Å². The quantitative estimate of drug-likeness (QED) is 0.170. The largest absolute Gasteiger partial charge is 0.486 e. The van der Waals surface area contributed by atoms with Crippen molar-refractivity contribution in [1.29, 1.82) is 0 Å². The van der Waals surface area contributed by atoms with E-state index in [0.717, 1.165) is 48.4 Å². The van der Waals surface area contributed by atoms with E-state index in [1.54, 1.807) is 44.8 Å². The van der Waals surface area contributed by atoms with Crippen LogP contribution in [0.5, 0.6) is 11.5 Å². The third-order valence-corrected chi connectivity index (χ3v) is 12.4. The molecule has 0 spiro atoms. The number of nitrogens with zero attached hydrogens (tertiary/aromatic N) is 9. The van der Waals surface area contributed by atoms with Crippen LogP contribution >= 0.6 is 0 Å². The van der Waals surface area contributed by atoms with Crippen LogP contribution in [0.1, 0.15) is 63.2 Å². The third kappa shape index (κ3) is 10.8. The SMILES string of the molecule is C[C@H]1Oc2ccc(C#CCN3CCN(CC#Cc4ccc5c(c4)N(C)C(=O)[C@@H](NC(=O)c4ncn(Cc6ccccc6)n4)[C@@H](C)O5)CC3)cc2N(C)C(=O)[C@H]1NC(=O)c1n[nH]c(Cc2ccccc2)n1. The van der Waals surface area contributed by atoms with Gasteiger partial charge in [-0.25, -0.2) is 14.6 Å². The van der Waals surface area contributed by atoms with Gasteiger partial charge in [0.2, 0.25) is 11.6 Å². The molecule has 0 saturated carbocycles. The van der Waals surface area contributed by atoms with E-state index in [1.165, 1.54) is 16.1 Å². The number of carbonyl (C=O) groups is 4. The fraction of sp³-hybridized carbons (Fsp3) is 0.308. The van der Waals surface area contributed by atoms with E-state index in [9.17, 15) is 19.2 Å². The van der Waals surface area contributed by atoms with Crippen LogP contribution < -0.4 is 29.9 Å². The maximum atomic E-state index is 13.7. The Labute approximate surface area is 405 Å². The van der Waals surface area contributed by atoms with Gasteiger partial charge >= 0.3 is 0 Å². The van der Waals surface area contributed by atoms with Gasteiger partial charge in [0.1, 0.15) is 47.9 Å². The Hall–Kier alpha value is -8.32. The van der Waals surface area contributed by atoms with E-state index >= 15 is 0 Å². The Balaban J connectivity index is 0.739. The zero-order chi connectivity index (χ0) is 48.7. The lowest BCUT2D eigenvalue weighted by Crippen LogP contribution is -2.53. The van der Waals surface area contributed by atoms with Crippen molar-refractivity contribution in [1.82, 2.24) is 50.4 Å². The Morgan fingerprint density at radius 2 is 1.19 bits per heavy atom. The Morgan fingerprint density at radius 3 is 1.71 bits per heavy atom. The molecule has 0 unspecified atom stereocenters. The van der Waals surface area contributed by atoms with Crippen LogP contribution in [-0.2, 0) is 22.6 Å². The fourth-order valence-corrected chi connectivity index (χ4v) is 8.40. The van der Waals surface area contributed by atoms with Crippen LogP contribution in [0.3, 0.4) is 0 Å². The number of hydrogen-bond donors (Lipinski definition) is 3. The molecule has 3 aliphatic rings. The van der Waals surface area contributed by atoms with Crippen molar-refractivity contribution < 1.29 is 28.7 Å². The highest BCUT2D eigenvalue weighted by atomic mass is 16.5. The second kappa shape index (κ2) is 20.9. The maximum Gasteiger partial charge on any atom is 0.291 e. The average Bonchev–Trinajstić information content (AvgIpc) is 4.02. The van der Waals surface area contributed by atoms with Gasteiger partial charge in [0, 0.05) is 57.8 Å². The Morgan fingerprint density at radius 1 is 0.686 bits per heavy atom. The van der Waals surface area contributed by atoms with Crippen molar-refractivity contribution in [3.05, 3.63) is 143 Å². The maximum absolute atomic E-state index is 13.7. The number of nitrogens with one attached hydrogen (secondary N) is 3. The lowest BCUT2D eigenvalue weighted by Gasteiger charge is -2.32.